The molecule has 0 radical (unpaired) electrons. The number of alkyl carbamates (subject to hydrolysis) is 1. The van der Waals surface area contributed by atoms with Crippen LogP contribution < -0.4 is 16.0 Å². The predicted molar refractivity (Wildman–Crippen MR) is 121 cm³/mol. The van der Waals surface area contributed by atoms with Gasteiger partial charge in [0, 0.05) is 12.5 Å². The fraction of sp³-hybridized carbons (Fsp3) is 0.792. The molecule has 0 unspecified atom stereocenters. The highest BCUT2D eigenvalue weighted by molar-refractivity contribution is 5.86. The first-order chi connectivity index (χ1) is 15.3. The van der Waals surface area contributed by atoms with E-state index in [1.54, 1.807) is 0 Å². The van der Waals surface area contributed by atoms with Gasteiger partial charge in [0.1, 0.15) is 6.04 Å². The molecule has 3 rings (SSSR count). The maximum atomic E-state index is 12.9. The molecule has 3 amide bonds. The normalized spacial score (nSPS) is 28.7. The van der Waals surface area contributed by atoms with Gasteiger partial charge in [0.05, 0.1) is 19.3 Å². The minimum absolute atomic E-state index is 0.0412. The summed E-state index contributed by atoms with van der Waals surface area (Å²) in [4.78, 5) is 37.2. The molecule has 8 heteroatoms. The zero-order chi connectivity index (χ0) is 23.1. The van der Waals surface area contributed by atoms with Gasteiger partial charge in [0.15, 0.2) is 0 Å². The van der Waals surface area contributed by atoms with Crippen LogP contribution in [0.25, 0.3) is 0 Å². The second kappa shape index (κ2) is 11.7. The number of allylic oxidation sites excluding steroid dienone is 2. The summed E-state index contributed by atoms with van der Waals surface area (Å²) in [6.07, 6.45) is 10.0. The average molecular weight is 450 g/mol. The van der Waals surface area contributed by atoms with Gasteiger partial charge in [-0.1, -0.05) is 26.0 Å². The van der Waals surface area contributed by atoms with E-state index in [9.17, 15) is 19.5 Å². The third-order valence-corrected chi connectivity index (χ3v) is 6.88. The molecule has 8 nitrogen and oxygen atoms in total. The molecule has 1 aliphatic heterocycles. The van der Waals surface area contributed by atoms with Crippen molar-refractivity contribution in [2.24, 2.45) is 29.6 Å². The number of fused-ring (bicyclic) bond motifs is 2. The monoisotopic (exact) mass is 449 g/mol. The number of hydrogen-bond donors (Lipinski definition) is 4. The van der Waals surface area contributed by atoms with Gasteiger partial charge in [0.25, 0.3) is 0 Å². The molecule has 0 aromatic heterocycles. The first-order valence-electron chi connectivity index (χ1n) is 12.1. The van der Waals surface area contributed by atoms with Crippen molar-refractivity contribution in [3.8, 4) is 0 Å². The van der Waals surface area contributed by atoms with E-state index in [-0.39, 0.29) is 30.3 Å². The van der Waals surface area contributed by atoms with E-state index in [2.05, 4.69) is 28.1 Å². The van der Waals surface area contributed by atoms with Gasteiger partial charge in [-0.2, -0.15) is 0 Å². The SMILES string of the molecule is CC(C)C[C@H](NC(=O)OC[C@@H]1C[C@H]2C=CC[C@H](C2)C1)C(=O)N[C@H](CO)C[C@@H]1CCNC1=O. The molecule has 32 heavy (non-hydrogen) atoms. The Labute approximate surface area is 190 Å². The Bertz CT molecular complexity index is 695. The molecule has 2 bridgehead atoms. The number of aliphatic hydroxyl groups excluding tert-OH is 1. The second-order valence-corrected chi connectivity index (χ2v) is 10.2. The van der Waals surface area contributed by atoms with Crippen molar-refractivity contribution in [1.29, 1.82) is 0 Å². The van der Waals surface area contributed by atoms with Crippen molar-refractivity contribution in [2.45, 2.75) is 70.9 Å². The summed E-state index contributed by atoms with van der Waals surface area (Å²) in [7, 11) is 0. The molecule has 2 fully saturated rings. The van der Waals surface area contributed by atoms with Crippen molar-refractivity contribution >= 4 is 17.9 Å². The van der Waals surface area contributed by atoms with Crippen LogP contribution in [0, 0.1) is 29.6 Å². The standard InChI is InChI=1S/C24H39N3O5/c1-15(2)8-21(23(30)26-20(13-28)12-19-6-7-25-22(19)29)27-24(31)32-14-18-10-16-4-3-5-17(9-16)11-18/h3-4,15-21,28H,5-14H2,1-2H3,(H,25,29)(H,26,30)(H,27,31)/t16-,17+,18+,19-,20-,21-/m0/s1. The van der Waals surface area contributed by atoms with Crippen molar-refractivity contribution < 1.29 is 24.2 Å². The Hall–Kier alpha value is -2.09. The molecular formula is C24H39N3O5. The summed E-state index contributed by atoms with van der Waals surface area (Å²) >= 11 is 0. The third-order valence-electron chi connectivity index (χ3n) is 6.88. The van der Waals surface area contributed by atoms with Crippen LogP contribution in [0.1, 0.15) is 58.8 Å². The largest absolute Gasteiger partial charge is 0.449 e. The van der Waals surface area contributed by atoms with Crippen molar-refractivity contribution in [2.75, 3.05) is 19.8 Å². The fourth-order valence-electron chi connectivity index (χ4n) is 5.34. The fourth-order valence-corrected chi connectivity index (χ4v) is 5.34. The van der Waals surface area contributed by atoms with E-state index in [1.165, 1.54) is 6.42 Å². The van der Waals surface area contributed by atoms with Crippen LogP contribution in [0.4, 0.5) is 4.79 Å². The number of carbonyl (C=O) groups excluding carboxylic acids is 3. The van der Waals surface area contributed by atoms with Gasteiger partial charge in [0.2, 0.25) is 11.8 Å². The summed E-state index contributed by atoms with van der Waals surface area (Å²) < 4.78 is 5.51. The number of aliphatic hydroxyl groups is 1. The molecule has 0 spiro atoms. The summed E-state index contributed by atoms with van der Waals surface area (Å²) in [5, 5.41) is 18.0. The zero-order valence-electron chi connectivity index (χ0n) is 19.3. The Balaban J connectivity index is 1.48. The summed E-state index contributed by atoms with van der Waals surface area (Å²) in [6, 6.07) is -1.28. The van der Waals surface area contributed by atoms with Crippen LogP contribution >= 0.6 is 0 Å². The topological polar surface area (TPSA) is 117 Å². The highest BCUT2D eigenvalue weighted by atomic mass is 16.5. The minimum Gasteiger partial charge on any atom is -0.449 e. The van der Waals surface area contributed by atoms with Crippen molar-refractivity contribution in [1.82, 2.24) is 16.0 Å². The van der Waals surface area contributed by atoms with Crippen LogP contribution in [0.3, 0.4) is 0 Å². The maximum Gasteiger partial charge on any atom is 0.407 e. The lowest BCUT2D eigenvalue weighted by molar-refractivity contribution is -0.126. The molecular weight excluding hydrogens is 410 g/mol. The van der Waals surface area contributed by atoms with E-state index in [0.29, 0.717) is 50.2 Å². The highest BCUT2D eigenvalue weighted by Crippen LogP contribution is 2.39. The molecule has 180 valence electrons. The maximum absolute atomic E-state index is 12.9. The number of carbonyl (C=O) groups is 3. The van der Waals surface area contributed by atoms with Crippen molar-refractivity contribution in [3.05, 3.63) is 12.2 Å². The van der Waals surface area contributed by atoms with Gasteiger partial charge in [-0.3, -0.25) is 9.59 Å². The van der Waals surface area contributed by atoms with E-state index in [0.717, 1.165) is 19.3 Å². The summed E-state index contributed by atoms with van der Waals surface area (Å²) in [5.41, 5.74) is 0. The number of hydrogen-bond acceptors (Lipinski definition) is 5. The van der Waals surface area contributed by atoms with Crippen LogP contribution in [0.5, 0.6) is 0 Å². The van der Waals surface area contributed by atoms with Gasteiger partial charge in [-0.05, 0) is 68.6 Å². The number of rotatable bonds is 10. The Morgan fingerprint density at radius 3 is 2.72 bits per heavy atom. The molecule has 4 N–H and O–H groups in total. The van der Waals surface area contributed by atoms with E-state index in [4.69, 9.17) is 4.74 Å². The molecule has 1 heterocycles. The zero-order valence-corrected chi connectivity index (χ0v) is 19.3. The first kappa shape index (κ1) is 24.6. The van der Waals surface area contributed by atoms with Crippen molar-refractivity contribution in [3.63, 3.8) is 0 Å². The molecule has 6 atom stereocenters. The first-order valence-corrected chi connectivity index (χ1v) is 12.1. The quantitative estimate of drug-likeness (QED) is 0.381. The molecule has 2 aliphatic carbocycles. The average Bonchev–Trinajstić information content (AvgIpc) is 3.15. The molecule has 3 aliphatic rings. The predicted octanol–water partition coefficient (Wildman–Crippen LogP) is 2.12. The number of nitrogens with one attached hydrogen (secondary N) is 3. The summed E-state index contributed by atoms with van der Waals surface area (Å²) in [5.74, 6) is 1.22. The Morgan fingerprint density at radius 1 is 1.25 bits per heavy atom. The molecule has 1 saturated heterocycles. The molecule has 0 aromatic carbocycles. The van der Waals surface area contributed by atoms with Gasteiger partial charge < -0.3 is 25.8 Å². The van der Waals surface area contributed by atoms with Crippen LogP contribution in [0.2, 0.25) is 0 Å². The molecule has 0 aromatic rings. The lowest BCUT2D eigenvalue weighted by Crippen LogP contribution is -2.51. The second-order valence-electron chi connectivity index (χ2n) is 10.2. The van der Waals surface area contributed by atoms with Crippen LogP contribution in [0.15, 0.2) is 12.2 Å². The summed E-state index contributed by atoms with van der Waals surface area (Å²) in [6.45, 7) is 4.70. The Morgan fingerprint density at radius 2 is 2.06 bits per heavy atom. The van der Waals surface area contributed by atoms with Crippen LogP contribution in [-0.4, -0.2) is 54.9 Å². The number of ether oxygens (including phenoxy) is 1. The smallest absolute Gasteiger partial charge is 0.407 e. The lowest BCUT2D eigenvalue weighted by Gasteiger charge is -2.35. The highest BCUT2D eigenvalue weighted by Gasteiger charge is 2.32. The third kappa shape index (κ3) is 7.22. The van der Waals surface area contributed by atoms with E-state index in [1.807, 2.05) is 13.8 Å². The van der Waals surface area contributed by atoms with Crippen LogP contribution in [-0.2, 0) is 14.3 Å². The van der Waals surface area contributed by atoms with Gasteiger partial charge >= 0.3 is 6.09 Å². The van der Waals surface area contributed by atoms with E-state index < -0.39 is 18.2 Å². The molecule has 1 saturated carbocycles. The number of amides is 3. The minimum atomic E-state index is -0.748. The Kier molecular flexibility index (Phi) is 8.96. The van der Waals surface area contributed by atoms with E-state index >= 15 is 0 Å². The van der Waals surface area contributed by atoms with Gasteiger partial charge in [-0.15, -0.1) is 0 Å². The van der Waals surface area contributed by atoms with Gasteiger partial charge in [-0.25, -0.2) is 4.79 Å². The lowest BCUT2D eigenvalue weighted by atomic mass is 9.71.